The Balaban J connectivity index is 1.64. The zero-order valence-corrected chi connectivity index (χ0v) is 14.6. The van der Waals surface area contributed by atoms with Gasteiger partial charge in [-0.2, -0.15) is 13.2 Å². The third-order valence-electron chi connectivity index (χ3n) is 4.48. The molecule has 3 aromatic carbocycles. The molecule has 2 nitrogen and oxygen atoms in total. The summed E-state index contributed by atoms with van der Waals surface area (Å²) in [5.74, 6) is -0.636. The number of rotatable bonds is 4. The average molecular weight is 385 g/mol. The number of benzene rings is 3. The molecule has 0 aliphatic carbocycles. The normalized spacial score (nSPS) is 11.7. The number of alkyl halides is 3. The first-order valence-electron chi connectivity index (χ1n) is 8.57. The van der Waals surface area contributed by atoms with Gasteiger partial charge in [-0.15, -0.1) is 0 Å². The third-order valence-corrected chi connectivity index (χ3v) is 4.48. The van der Waals surface area contributed by atoms with E-state index in [1.807, 2.05) is 30.5 Å². The van der Waals surface area contributed by atoms with E-state index in [1.54, 1.807) is 0 Å². The molecule has 0 radical (unpaired) electrons. The van der Waals surface area contributed by atoms with E-state index in [0.29, 0.717) is 0 Å². The second kappa shape index (κ2) is 7.03. The maximum Gasteiger partial charge on any atom is 0.417 e. The molecule has 1 aromatic heterocycles. The quantitative estimate of drug-likeness (QED) is 0.395. The van der Waals surface area contributed by atoms with Gasteiger partial charge in [0.1, 0.15) is 18.2 Å². The Labute approximate surface area is 158 Å². The van der Waals surface area contributed by atoms with Gasteiger partial charge in [0.2, 0.25) is 0 Å². The summed E-state index contributed by atoms with van der Waals surface area (Å²) in [6, 6.07) is 16.5. The van der Waals surface area contributed by atoms with Crippen LogP contribution in [-0.4, -0.2) is 4.98 Å². The van der Waals surface area contributed by atoms with E-state index >= 15 is 0 Å². The topological polar surface area (TPSA) is 25.0 Å². The van der Waals surface area contributed by atoms with E-state index in [2.05, 4.69) is 4.98 Å². The van der Waals surface area contributed by atoms with Gasteiger partial charge in [0.25, 0.3) is 0 Å². The number of H-pyrrole nitrogens is 1. The molecule has 6 heteroatoms. The molecule has 0 unspecified atom stereocenters. The zero-order chi connectivity index (χ0) is 19.7. The highest BCUT2D eigenvalue weighted by Gasteiger charge is 2.34. The second-order valence-corrected chi connectivity index (χ2v) is 6.37. The van der Waals surface area contributed by atoms with E-state index in [-0.39, 0.29) is 23.5 Å². The van der Waals surface area contributed by atoms with Gasteiger partial charge in [0.15, 0.2) is 0 Å². The Kier molecular flexibility index (Phi) is 4.55. The van der Waals surface area contributed by atoms with Crippen LogP contribution in [0.3, 0.4) is 0 Å². The van der Waals surface area contributed by atoms with Crippen molar-refractivity contribution in [3.8, 4) is 16.9 Å². The SMILES string of the molecule is Fc1ccccc1-c1ccc(OCc2ccc3[nH]ccc3c2)cc1C(F)(F)F. The van der Waals surface area contributed by atoms with Gasteiger partial charge in [-0.05, 0) is 59.0 Å². The summed E-state index contributed by atoms with van der Waals surface area (Å²) in [5, 5.41) is 0.993. The van der Waals surface area contributed by atoms with Crippen LogP contribution in [0.15, 0.2) is 72.9 Å². The molecule has 1 heterocycles. The van der Waals surface area contributed by atoms with Gasteiger partial charge in [-0.1, -0.05) is 24.3 Å². The molecule has 0 saturated heterocycles. The highest BCUT2D eigenvalue weighted by atomic mass is 19.4. The van der Waals surface area contributed by atoms with Crippen LogP contribution in [0.1, 0.15) is 11.1 Å². The van der Waals surface area contributed by atoms with E-state index in [1.165, 1.54) is 30.3 Å². The molecule has 0 fully saturated rings. The summed E-state index contributed by atoms with van der Waals surface area (Å²) in [6.07, 6.45) is -2.83. The van der Waals surface area contributed by atoms with E-state index < -0.39 is 17.6 Å². The van der Waals surface area contributed by atoms with E-state index in [4.69, 9.17) is 4.74 Å². The predicted octanol–water partition coefficient (Wildman–Crippen LogP) is 6.57. The monoisotopic (exact) mass is 385 g/mol. The lowest BCUT2D eigenvalue weighted by Crippen LogP contribution is -2.08. The molecule has 0 atom stereocenters. The summed E-state index contributed by atoms with van der Waals surface area (Å²) < 4.78 is 60.3. The Hall–Kier alpha value is -3.28. The van der Waals surface area contributed by atoms with E-state index in [0.717, 1.165) is 28.6 Å². The van der Waals surface area contributed by atoms with Crippen molar-refractivity contribution in [1.82, 2.24) is 4.98 Å². The number of halogens is 4. The van der Waals surface area contributed by atoms with Gasteiger partial charge >= 0.3 is 6.18 Å². The van der Waals surface area contributed by atoms with Crippen LogP contribution in [0.5, 0.6) is 5.75 Å². The fraction of sp³-hybridized carbons (Fsp3) is 0.0909. The maximum atomic E-state index is 14.0. The Morgan fingerprint density at radius 2 is 1.68 bits per heavy atom. The molecule has 1 N–H and O–H groups in total. The van der Waals surface area contributed by atoms with Crippen molar-refractivity contribution in [2.24, 2.45) is 0 Å². The van der Waals surface area contributed by atoms with Crippen LogP contribution in [0.2, 0.25) is 0 Å². The maximum absolute atomic E-state index is 14.0. The molecule has 0 spiro atoms. The average Bonchev–Trinajstić information content (AvgIpc) is 3.14. The largest absolute Gasteiger partial charge is 0.489 e. The second-order valence-electron chi connectivity index (χ2n) is 6.37. The Bertz CT molecular complexity index is 1130. The van der Waals surface area contributed by atoms with Gasteiger partial charge in [-0.25, -0.2) is 4.39 Å². The molecule has 0 amide bonds. The molecule has 142 valence electrons. The van der Waals surface area contributed by atoms with Crippen LogP contribution >= 0.6 is 0 Å². The van der Waals surface area contributed by atoms with Gasteiger partial charge in [-0.3, -0.25) is 0 Å². The third kappa shape index (κ3) is 3.58. The van der Waals surface area contributed by atoms with Crippen molar-refractivity contribution in [2.75, 3.05) is 0 Å². The Morgan fingerprint density at radius 1 is 0.857 bits per heavy atom. The van der Waals surface area contributed by atoms with Crippen LogP contribution in [-0.2, 0) is 12.8 Å². The molecule has 0 bridgehead atoms. The van der Waals surface area contributed by atoms with Crippen LogP contribution < -0.4 is 4.74 Å². The number of aromatic nitrogens is 1. The minimum Gasteiger partial charge on any atom is -0.489 e. The lowest BCUT2D eigenvalue weighted by atomic mass is 9.98. The highest BCUT2D eigenvalue weighted by Crippen LogP contribution is 2.40. The molecule has 0 aliphatic rings. The molecular weight excluding hydrogens is 370 g/mol. The first-order chi connectivity index (χ1) is 13.4. The minimum absolute atomic E-state index is 0.0709. The molecule has 0 aliphatic heterocycles. The summed E-state index contributed by atoms with van der Waals surface area (Å²) in [5.41, 5.74) is 0.554. The smallest absolute Gasteiger partial charge is 0.417 e. The van der Waals surface area contributed by atoms with Crippen LogP contribution in [0, 0.1) is 5.82 Å². The van der Waals surface area contributed by atoms with Crippen LogP contribution in [0.25, 0.3) is 22.0 Å². The van der Waals surface area contributed by atoms with Gasteiger partial charge in [0.05, 0.1) is 5.56 Å². The fourth-order valence-corrected chi connectivity index (χ4v) is 3.12. The molecule has 4 aromatic rings. The van der Waals surface area contributed by atoms with Crippen molar-refractivity contribution in [2.45, 2.75) is 12.8 Å². The fourth-order valence-electron chi connectivity index (χ4n) is 3.12. The summed E-state index contributed by atoms with van der Waals surface area (Å²) in [4.78, 5) is 3.07. The number of fused-ring (bicyclic) bond motifs is 1. The van der Waals surface area contributed by atoms with Crippen LogP contribution in [0.4, 0.5) is 17.6 Å². The van der Waals surface area contributed by atoms with Gasteiger partial charge < -0.3 is 9.72 Å². The summed E-state index contributed by atoms with van der Waals surface area (Å²) >= 11 is 0. The molecule has 28 heavy (non-hydrogen) atoms. The standard InChI is InChI=1S/C22H15F4NO/c23-20-4-2-1-3-18(20)17-7-6-16(12-19(17)22(24,25)26)28-13-14-5-8-21-15(11-14)9-10-27-21/h1-12,27H,13H2. The molecule has 4 rings (SSSR count). The molecular formula is C22H15F4NO. The van der Waals surface area contributed by atoms with Crippen molar-refractivity contribution >= 4 is 10.9 Å². The number of aromatic amines is 1. The zero-order valence-electron chi connectivity index (χ0n) is 14.6. The summed E-state index contributed by atoms with van der Waals surface area (Å²) in [6.45, 7) is 0.122. The lowest BCUT2D eigenvalue weighted by Gasteiger charge is -2.16. The minimum atomic E-state index is -4.64. The number of hydrogen-bond donors (Lipinski definition) is 1. The number of ether oxygens (including phenoxy) is 1. The van der Waals surface area contributed by atoms with Crippen molar-refractivity contribution in [3.63, 3.8) is 0 Å². The van der Waals surface area contributed by atoms with Crippen molar-refractivity contribution < 1.29 is 22.3 Å². The first kappa shape index (κ1) is 18.1. The molecule has 0 saturated carbocycles. The van der Waals surface area contributed by atoms with Gasteiger partial charge in [0, 0.05) is 17.3 Å². The lowest BCUT2D eigenvalue weighted by molar-refractivity contribution is -0.137. The highest BCUT2D eigenvalue weighted by molar-refractivity contribution is 5.79. The first-order valence-corrected chi connectivity index (χ1v) is 8.57. The number of hydrogen-bond acceptors (Lipinski definition) is 1. The predicted molar refractivity (Wildman–Crippen MR) is 99.5 cm³/mol. The Morgan fingerprint density at radius 3 is 2.46 bits per heavy atom. The van der Waals surface area contributed by atoms with Crippen molar-refractivity contribution in [1.29, 1.82) is 0 Å². The number of nitrogens with one attached hydrogen (secondary N) is 1. The summed E-state index contributed by atoms with van der Waals surface area (Å²) in [7, 11) is 0. The van der Waals surface area contributed by atoms with E-state index in [9.17, 15) is 17.6 Å². The van der Waals surface area contributed by atoms with Crippen molar-refractivity contribution in [3.05, 3.63) is 89.9 Å².